The molecule has 3 aliphatic carbocycles. The Morgan fingerprint density at radius 2 is 1.60 bits per heavy atom. The summed E-state index contributed by atoms with van der Waals surface area (Å²) in [6.45, 7) is 5.84. The van der Waals surface area contributed by atoms with Gasteiger partial charge in [-0.1, -0.05) is 51.4 Å². The standard InChI is InChI=1S/C32H50N4O4S3/c1-3-34-26(31(38)35(4-2)32(34)41)18-20-30-36(21-11-16-29(37)33-43(39,40)25-14-9-6-10-15-25)27-22-24(17-19-28(27)42-30)23-12-7-5-8-13-23/h18,20,23-25,27-28H,3-17,19,21-22H2,1-2H3,(H,33,37). The van der Waals surface area contributed by atoms with Crippen molar-refractivity contribution in [2.45, 2.75) is 127 Å². The summed E-state index contributed by atoms with van der Waals surface area (Å²) in [5, 5.41) is 1.76. The Balaban J connectivity index is 1.29. The molecule has 2 aliphatic heterocycles. The molecule has 0 aromatic heterocycles. The molecule has 2 amide bonds. The first kappa shape index (κ1) is 32.8. The highest BCUT2D eigenvalue weighted by molar-refractivity contribution is 8.03. The first-order valence-electron chi connectivity index (χ1n) is 16.8. The number of hydrogen-bond acceptors (Lipinski definition) is 7. The predicted molar refractivity (Wildman–Crippen MR) is 177 cm³/mol. The lowest BCUT2D eigenvalue weighted by Crippen LogP contribution is -2.42. The average molecular weight is 651 g/mol. The minimum Gasteiger partial charge on any atom is -0.362 e. The second-order valence-corrected chi connectivity index (χ2v) is 16.5. The average Bonchev–Trinajstić information content (AvgIpc) is 3.48. The van der Waals surface area contributed by atoms with Crippen LogP contribution in [0.15, 0.2) is 22.9 Å². The van der Waals surface area contributed by atoms with Crippen molar-refractivity contribution in [2.75, 3.05) is 19.6 Å². The zero-order valence-electron chi connectivity index (χ0n) is 26.0. The van der Waals surface area contributed by atoms with E-state index in [0.29, 0.717) is 61.0 Å². The highest BCUT2D eigenvalue weighted by atomic mass is 32.2. The summed E-state index contributed by atoms with van der Waals surface area (Å²) < 4.78 is 28.0. The summed E-state index contributed by atoms with van der Waals surface area (Å²) in [6.07, 6.45) is 19.4. The predicted octanol–water partition coefficient (Wildman–Crippen LogP) is 5.91. The van der Waals surface area contributed by atoms with Crippen LogP contribution in [0.1, 0.15) is 110 Å². The smallest absolute Gasteiger partial charge is 0.276 e. The van der Waals surface area contributed by atoms with E-state index in [1.807, 2.05) is 36.6 Å². The number of amides is 2. The van der Waals surface area contributed by atoms with Crippen LogP contribution in [0, 0.1) is 11.8 Å². The molecule has 2 heterocycles. The van der Waals surface area contributed by atoms with Gasteiger partial charge in [0.05, 0.1) is 10.3 Å². The number of thiocarbonyl (C=S) groups is 1. The number of carbonyl (C=O) groups is 2. The molecule has 3 saturated carbocycles. The molecule has 2 saturated heterocycles. The first-order valence-corrected chi connectivity index (χ1v) is 19.6. The third kappa shape index (κ3) is 7.46. The van der Waals surface area contributed by atoms with Crippen LogP contribution in [0.4, 0.5) is 0 Å². The van der Waals surface area contributed by atoms with Gasteiger partial charge in [0.25, 0.3) is 5.91 Å². The van der Waals surface area contributed by atoms with E-state index in [9.17, 15) is 18.0 Å². The third-order valence-electron chi connectivity index (χ3n) is 10.4. The topological polar surface area (TPSA) is 90.0 Å². The lowest BCUT2D eigenvalue weighted by Gasteiger charge is -2.40. The zero-order valence-corrected chi connectivity index (χ0v) is 28.4. The fourth-order valence-electron chi connectivity index (χ4n) is 8.01. The van der Waals surface area contributed by atoms with Gasteiger partial charge in [-0.2, -0.15) is 0 Å². The number of carbonyl (C=O) groups excluding carboxylic acids is 2. The molecule has 1 N–H and O–H groups in total. The molecular formula is C32H50N4O4S3. The molecule has 5 fully saturated rings. The van der Waals surface area contributed by atoms with Crippen molar-refractivity contribution in [2.24, 2.45) is 11.8 Å². The Labute approximate surface area is 268 Å². The minimum absolute atomic E-state index is 0.0497. The van der Waals surface area contributed by atoms with Gasteiger partial charge in [0.15, 0.2) is 5.11 Å². The normalized spacial score (nSPS) is 29.6. The van der Waals surface area contributed by atoms with Crippen LogP contribution in [-0.4, -0.2) is 76.2 Å². The second-order valence-electron chi connectivity index (χ2n) is 13.0. The molecule has 0 spiro atoms. The van der Waals surface area contributed by atoms with Gasteiger partial charge < -0.3 is 9.80 Å². The Morgan fingerprint density at radius 1 is 0.930 bits per heavy atom. The van der Waals surface area contributed by atoms with Crippen molar-refractivity contribution in [1.29, 1.82) is 0 Å². The largest absolute Gasteiger partial charge is 0.362 e. The van der Waals surface area contributed by atoms with Crippen LogP contribution >= 0.6 is 24.0 Å². The van der Waals surface area contributed by atoms with Gasteiger partial charge >= 0.3 is 0 Å². The van der Waals surface area contributed by atoms with Gasteiger partial charge in [0.1, 0.15) is 5.70 Å². The first-order chi connectivity index (χ1) is 20.7. The summed E-state index contributed by atoms with van der Waals surface area (Å²) in [5.74, 6) is 1.12. The number of allylic oxidation sites excluding steroid dienone is 2. The number of fused-ring (bicyclic) bond motifs is 1. The van der Waals surface area contributed by atoms with Crippen molar-refractivity contribution in [1.82, 2.24) is 19.4 Å². The van der Waals surface area contributed by atoms with Crippen LogP contribution < -0.4 is 4.72 Å². The summed E-state index contributed by atoms with van der Waals surface area (Å²) in [6, 6.07) is 0.402. The fourth-order valence-corrected chi connectivity index (χ4v) is 11.5. The van der Waals surface area contributed by atoms with E-state index in [1.54, 1.807) is 4.90 Å². The highest BCUT2D eigenvalue weighted by Gasteiger charge is 2.44. The van der Waals surface area contributed by atoms with E-state index in [0.717, 1.165) is 36.1 Å². The molecule has 3 unspecified atom stereocenters. The van der Waals surface area contributed by atoms with Gasteiger partial charge in [-0.3, -0.25) is 19.2 Å². The Kier molecular flexibility index (Phi) is 11.2. The Hall–Kier alpha value is -1.59. The fraction of sp³-hybridized carbons (Fsp3) is 0.781. The molecule has 43 heavy (non-hydrogen) atoms. The van der Waals surface area contributed by atoms with E-state index in [4.69, 9.17) is 12.2 Å². The molecule has 5 rings (SSSR count). The van der Waals surface area contributed by atoms with Crippen molar-refractivity contribution in [3.05, 3.63) is 22.9 Å². The zero-order chi connectivity index (χ0) is 30.6. The minimum atomic E-state index is -3.61. The summed E-state index contributed by atoms with van der Waals surface area (Å²) in [4.78, 5) is 32.0. The molecule has 5 aliphatic rings. The number of thioether (sulfide) groups is 1. The Morgan fingerprint density at radius 3 is 2.28 bits per heavy atom. The molecule has 0 aromatic carbocycles. The molecule has 240 valence electrons. The number of hydrogen-bond donors (Lipinski definition) is 1. The Bertz CT molecular complexity index is 1210. The van der Waals surface area contributed by atoms with E-state index >= 15 is 0 Å². The lowest BCUT2D eigenvalue weighted by molar-refractivity contribution is -0.122. The van der Waals surface area contributed by atoms with E-state index in [1.165, 1.54) is 51.4 Å². The van der Waals surface area contributed by atoms with Gasteiger partial charge in [-0.25, -0.2) is 8.42 Å². The lowest BCUT2D eigenvalue weighted by atomic mass is 9.72. The van der Waals surface area contributed by atoms with Crippen LogP contribution in [0.5, 0.6) is 0 Å². The van der Waals surface area contributed by atoms with Gasteiger partial charge in [-0.05, 0) is 88.6 Å². The van der Waals surface area contributed by atoms with Crippen LogP contribution in [0.25, 0.3) is 0 Å². The van der Waals surface area contributed by atoms with E-state index in [2.05, 4.69) is 15.7 Å². The van der Waals surface area contributed by atoms with Gasteiger partial charge in [0.2, 0.25) is 15.9 Å². The monoisotopic (exact) mass is 650 g/mol. The number of rotatable bonds is 10. The summed E-state index contributed by atoms with van der Waals surface area (Å²) in [5.41, 5.74) is 0.615. The molecule has 8 nitrogen and oxygen atoms in total. The van der Waals surface area contributed by atoms with Gasteiger partial charge in [0, 0.05) is 37.3 Å². The number of nitrogens with one attached hydrogen (secondary N) is 1. The highest BCUT2D eigenvalue weighted by Crippen LogP contribution is 2.50. The number of likely N-dealkylation sites (N-methyl/N-ethyl adjacent to an activating group) is 2. The van der Waals surface area contributed by atoms with Gasteiger partial charge in [-0.15, -0.1) is 11.8 Å². The third-order valence-corrected chi connectivity index (χ3v) is 14.1. The molecule has 0 radical (unpaired) electrons. The second kappa shape index (κ2) is 14.7. The van der Waals surface area contributed by atoms with Crippen molar-refractivity contribution < 1.29 is 18.0 Å². The summed E-state index contributed by atoms with van der Waals surface area (Å²) >= 11 is 7.49. The molecule has 3 atom stereocenters. The quantitative estimate of drug-likeness (QED) is 0.231. The number of nitrogens with zero attached hydrogens (tertiary/aromatic N) is 3. The maximum absolute atomic E-state index is 13.1. The molecule has 11 heteroatoms. The maximum atomic E-state index is 13.1. The molecule has 0 bridgehead atoms. The van der Waals surface area contributed by atoms with Crippen molar-refractivity contribution >= 4 is 50.9 Å². The number of sulfonamides is 1. The van der Waals surface area contributed by atoms with Crippen molar-refractivity contribution in [3.63, 3.8) is 0 Å². The van der Waals surface area contributed by atoms with Crippen molar-refractivity contribution in [3.8, 4) is 0 Å². The van der Waals surface area contributed by atoms with E-state index in [-0.39, 0.29) is 12.3 Å². The van der Waals surface area contributed by atoms with Crippen LogP contribution in [0.3, 0.4) is 0 Å². The molecule has 0 aromatic rings. The maximum Gasteiger partial charge on any atom is 0.276 e. The van der Waals surface area contributed by atoms with E-state index < -0.39 is 21.2 Å². The molecular weight excluding hydrogens is 601 g/mol. The van der Waals surface area contributed by atoms with Crippen LogP contribution in [-0.2, 0) is 19.6 Å². The van der Waals surface area contributed by atoms with Crippen LogP contribution in [0.2, 0.25) is 0 Å². The SMILES string of the molecule is CCN1C(=O)C(=CC=C2SC3CCC(C4CCCCC4)CC3N2CCCC(=O)NS(=O)(=O)C2CCCCC2)N(CC)C1=S. The summed E-state index contributed by atoms with van der Waals surface area (Å²) in [7, 11) is -3.61.